The molecule has 1 heterocycles. The molecule has 1 aliphatic rings. The molecule has 0 bridgehead atoms. The number of nitrogen functional groups attached to an aromatic ring is 1. The molecule has 21 heavy (non-hydrogen) atoms. The Morgan fingerprint density at radius 3 is 2.86 bits per heavy atom. The summed E-state index contributed by atoms with van der Waals surface area (Å²) >= 11 is 3.39. The molecule has 0 atom stereocenters. The number of amides is 1. The lowest BCUT2D eigenvalue weighted by Crippen LogP contribution is -2.29. The van der Waals surface area contributed by atoms with Crippen molar-refractivity contribution in [1.82, 2.24) is 0 Å². The van der Waals surface area contributed by atoms with Crippen molar-refractivity contribution in [2.45, 2.75) is 13.0 Å². The molecule has 2 aromatic rings. The first kappa shape index (κ1) is 13.9. The fraction of sp³-hybridized carbons (Fsp3) is 0.188. The monoisotopic (exact) mass is 346 g/mol. The fourth-order valence-corrected chi connectivity index (χ4v) is 2.75. The van der Waals surface area contributed by atoms with Crippen LogP contribution in [0.5, 0.6) is 5.75 Å². The van der Waals surface area contributed by atoms with E-state index in [2.05, 4.69) is 15.9 Å². The third kappa shape index (κ3) is 2.88. The van der Waals surface area contributed by atoms with E-state index in [1.165, 1.54) is 0 Å². The quantitative estimate of drug-likeness (QED) is 0.848. The highest BCUT2D eigenvalue weighted by molar-refractivity contribution is 9.10. The smallest absolute Gasteiger partial charge is 0.230 e. The van der Waals surface area contributed by atoms with Crippen LogP contribution in [0.1, 0.15) is 12.0 Å². The van der Waals surface area contributed by atoms with Gasteiger partial charge in [0.25, 0.3) is 0 Å². The van der Waals surface area contributed by atoms with E-state index in [4.69, 9.17) is 10.5 Å². The minimum absolute atomic E-state index is 0.0438. The van der Waals surface area contributed by atoms with Crippen molar-refractivity contribution in [1.29, 1.82) is 0 Å². The number of carbonyl (C=O) groups excluding carboxylic acids is 1. The van der Waals surface area contributed by atoms with Crippen LogP contribution in [-0.2, 0) is 11.3 Å². The number of hydrogen-bond donors (Lipinski definition) is 1. The molecule has 0 aliphatic carbocycles. The lowest BCUT2D eigenvalue weighted by Gasteiger charge is -2.22. The number of nitrogens with two attached hydrogens (primary N) is 1. The van der Waals surface area contributed by atoms with Crippen LogP contribution < -0.4 is 15.4 Å². The van der Waals surface area contributed by atoms with Gasteiger partial charge in [0.15, 0.2) is 0 Å². The third-order valence-electron chi connectivity index (χ3n) is 3.47. The summed E-state index contributed by atoms with van der Waals surface area (Å²) in [6.07, 6.45) is 0.366. The largest absolute Gasteiger partial charge is 0.491 e. The summed E-state index contributed by atoms with van der Waals surface area (Å²) < 4.78 is 6.56. The molecule has 0 unspecified atom stereocenters. The maximum absolute atomic E-state index is 12.4. The lowest BCUT2D eigenvalue weighted by molar-refractivity contribution is -0.118. The average molecular weight is 347 g/mol. The van der Waals surface area contributed by atoms with Gasteiger partial charge in [-0.05, 0) is 29.8 Å². The maximum atomic E-state index is 12.4. The van der Waals surface area contributed by atoms with Crippen molar-refractivity contribution < 1.29 is 9.53 Å². The molecule has 5 heteroatoms. The predicted octanol–water partition coefficient (Wildman–Crippen LogP) is 3.35. The van der Waals surface area contributed by atoms with E-state index < -0.39 is 0 Å². The van der Waals surface area contributed by atoms with E-state index >= 15 is 0 Å². The van der Waals surface area contributed by atoms with E-state index in [0.29, 0.717) is 25.3 Å². The van der Waals surface area contributed by atoms with Gasteiger partial charge in [-0.25, -0.2) is 0 Å². The number of anilines is 2. The van der Waals surface area contributed by atoms with Crippen LogP contribution in [0.3, 0.4) is 0 Å². The molecule has 0 saturated carbocycles. The highest BCUT2D eigenvalue weighted by Gasteiger charge is 2.23. The molecule has 0 spiro atoms. The summed E-state index contributed by atoms with van der Waals surface area (Å²) in [5, 5.41) is 0. The van der Waals surface area contributed by atoms with Crippen LogP contribution >= 0.6 is 15.9 Å². The van der Waals surface area contributed by atoms with Crippen LogP contribution in [0, 0.1) is 0 Å². The first-order chi connectivity index (χ1) is 10.1. The van der Waals surface area contributed by atoms with Gasteiger partial charge in [0.1, 0.15) is 5.75 Å². The molecule has 0 saturated heterocycles. The van der Waals surface area contributed by atoms with Gasteiger partial charge >= 0.3 is 0 Å². The Morgan fingerprint density at radius 1 is 1.24 bits per heavy atom. The summed E-state index contributed by atoms with van der Waals surface area (Å²) in [6.45, 7) is 0.848. The Kier molecular flexibility index (Phi) is 3.84. The van der Waals surface area contributed by atoms with Crippen molar-refractivity contribution in [3.8, 4) is 5.75 Å². The number of nitrogens with zero attached hydrogens (tertiary/aromatic N) is 1. The number of benzene rings is 2. The van der Waals surface area contributed by atoms with Gasteiger partial charge in [-0.2, -0.15) is 0 Å². The molecule has 0 radical (unpaired) electrons. The summed E-state index contributed by atoms with van der Waals surface area (Å²) in [4.78, 5) is 14.1. The standard InChI is InChI=1S/C16H15BrN2O2/c17-12-6-5-11(13(18)9-12)10-19-14-3-1-2-4-15(14)21-8-7-16(19)20/h1-6,9H,7-8,10,18H2. The second kappa shape index (κ2) is 5.77. The van der Waals surface area contributed by atoms with E-state index in [1.807, 2.05) is 42.5 Å². The summed E-state index contributed by atoms with van der Waals surface area (Å²) in [6, 6.07) is 13.3. The number of carbonyl (C=O) groups is 1. The SMILES string of the molecule is Nc1cc(Br)ccc1CN1C(=O)CCOc2ccccc21. The maximum Gasteiger partial charge on any atom is 0.230 e. The van der Waals surface area contributed by atoms with Crippen LogP contribution in [0.25, 0.3) is 0 Å². The van der Waals surface area contributed by atoms with Crippen LogP contribution in [-0.4, -0.2) is 12.5 Å². The zero-order valence-electron chi connectivity index (χ0n) is 11.4. The molecule has 4 nitrogen and oxygen atoms in total. The van der Waals surface area contributed by atoms with Gasteiger partial charge in [-0.15, -0.1) is 0 Å². The highest BCUT2D eigenvalue weighted by atomic mass is 79.9. The summed E-state index contributed by atoms with van der Waals surface area (Å²) in [5.41, 5.74) is 8.42. The fourth-order valence-electron chi connectivity index (χ4n) is 2.37. The van der Waals surface area contributed by atoms with Crippen molar-refractivity contribution in [3.63, 3.8) is 0 Å². The predicted molar refractivity (Wildman–Crippen MR) is 86.3 cm³/mol. The number of ether oxygens (including phenoxy) is 1. The molecule has 1 amide bonds. The molecule has 0 aromatic heterocycles. The van der Waals surface area contributed by atoms with Gasteiger partial charge in [0.2, 0.25) is 5.91 Å². The van der Waals surface area contributed by atoms with E-state index in [1.54, 1.807) is 4.90 Å². The van der Waals surface area contributed by atoms with Gasteiger partial charge < -0.3 is 15.4 Å². The molecule has 2 aromatic carbocycles. The highest BCUT2D eigenvalue weighted by Crippen LogP contribution is 2.33. The Labute approximate surface area is 131 Å². The minimum atomic E-state index is 0.0438. The first-order valence-electron chi connectivity index (χ1n) is 6.71. The number of fused-ring (bicyclic) bond motifs is 1. The van der Waals surface area contributed by atoms with E-state index in [-0.39, 0.29) is 5.91 Å². The topological polar surface area (TPSA) is 55.6 Å². The summed E-state index contributed by atoms with van der Waals surface area (Å²) in [7, 11) is 0. The molecular weight excluding hydrogens is 332 g/mol. The second-order valence-corrected chi connectivity index (χ2v) is 5.80. The second-order valence-electron chi connectivity index (χ2n) is 4.89. The normalized spacial score (nSPS) is 14.3. The average Bonchev–Trinajstić information content (AvgIpc) is 2.62. The van der Waals surface area contributed by atoms with Crippen LogP contribution in [0.15, 0.2) is 46.9 Å². The molecule has 1 aliphatic heterocycles. The van der Waals surface area contributed by atoms with Gasteiger partial charge in [-0.3, -0.25) is 4.79 Å². The molecule has 2 N–H and O–H groups in total. The first-order valence-corrected chi connectivity index (χ1v) is 7.50. The Bertz CT molecular complexity index is 688. The van der Waals surface area contributed by atoms with Crippen LogP contribution in [0.4, 0.5) is 11.4 Å². The van der Waals surface area contributed by atoms with Crippen LogP contribution in [0.2, 0.25) is 0 Å². The zero-order chi connectivity index (χ0) is 14.8. The number of para-hydroxylation sites is 2. The van der Waals surface area contributed by atoms with E-state index in [0.717, 1.165) is 21.5 Å². The molecule has 3 rings (SSSR count). The number of rotatable bonds is 2. The minimum Gasteiger partial charge on any atom is -0.491 e. The Hall–Kier alpha value is -2.01. The number of hydrogen-bond acceptors (Lipinski definition) is 3. The Morgan fingerprint density at radius 2 is 2.05 bits per heavy atom. The molecule has 108 valence electrons. The molecular formula is C16H15BrN2O2. The lowest BCUT2D eigenvalue weighted by atomic mass is 10.1. The summed E-state index contributed by atoms with van der Waals surface area (Å²) in [5.74, 6) is 0.779. The van der Waals surface area contributed by atoms with E-state index in [9.17, 15) is 4.79 Å². The van der Waals surface area contributed by atoms with Crippen molar-refractivity contribution in [2.24, 2.45) is 0 Å². The molecule has 0 fully saturated rings. The van der Waals surface area contributed by atoms with Gasteiger partial charge in [0, 0.05) is 10.2 Å². The Balaban J connectivity index is 1.98. The van der Waals surface area contributed by atoms with Crippen molar-refractivity contribution in [2.75, 3.05) is 17.2 Å². The van der Waals surface area contributed by atoms with Gasteiger partial charge in [0.05, 0.1) is 25.3 Å². The third-order valence-corrected chi connectivity index (χ3v) is 3.96. The van der Waals surface area contributed by atoms with Gasteiger partial charge in [-0.1, -0.05) is 34.1 Å². The van der Waals surface area contributed by atoms with Crippen molar-refractivity contribution in [3.05, 3.63) is 52.5 Å². The van der Waals surface area contributed by atoms with Crippen molar-refractivity contribution >= 4 is 33.2 Å². The number of halogens is 1. The zero-order valence-corrected chi connectivity index (χ0v) is 13.0.